The summed E-state index contributed by atoms with van der Waals surface area (Å²) in [4.78, 5) is 15.9. The summed E-state index contributed by atoms with van der Waals surface area (Å²) in [5.41, 5.74) is 2.09. The molecule has 29 heavy (non-hydrogen) atoms. The number of halogens is 1. The van der Waals surface area contributed by atoms with Crippen LogP contribution in [0.25, 0.3) is 10.9 Å². The van der Waals surface area contributed by atoms with Crippen LogP contribution >= 0.6 is 11.6 Å². The lowest BCUT2D eigenvalue weighted by Crippen LogP contribution is -2.23. The number of aromatic nitrogens is 1. The van der Waals surface area contributed by atoms with Gasteiger partial charge in [0.2, 0.25) is 11.7 Å². The fourth-order valence-electron chi connectivity index (χ4n) is 3.17. The first kappa shape index (κ1) is 20.4. The molecule has 8 heteroatoms. The van der Waals surface area contributed by atoms with Crippen molar-refractivity contribution in [1.29, 1.82) is 5.26 Å². The van der Waals surface area contributed by atoms with Crippen molar-refractivity contribution in [1.82, 2.24) is 4.98 Å². The molecule has 1 heterocycles. The maximum absolute atomic E-state index is 12.8. The van der Waals surface area contributed by atoms with Crippen molar-refractivity contribution in [3.8, 4) is 23.3 Å². The molecule has 1 atom stereocenters. The fraction of sp³-hybridized carbons (Fsp3) is 0.238. The molecule has 0 fully saturated rings. The standard InChI is InChI=1S/C21H20ClN3O4/c1-27-17-8-14(9-18(28-2)20(17)29-3)25-21(26)12(10-23)7-13-11-24-16-6-4-5-15(22)19(13)16/h4-6,8-9,11-12,24H,7H2,1-3H3,(H,25,26)/t12-/m1/s1. The van der Waals surface area contributed by atoms with E-state index in [2.05, 4.69) is 16.4 Å². The molecule has 1 amide bonds. The number of H-pyrrole nitrogens is 1. The van der Waals surface area contributed by atoms with Crippen LogP contribution in [0.15, 0.2) is 36.5 Å². The van der Waals surface area contributed by atoms with Crippen LogP contribution < -0.4 is 19.5 Å². The van der Waals surface area contributed by atoms with Gasteiger partial charge >= 0.3 is 0 Å². The second kappa shape index (κ2) is 8.76. The van der Waals surface area contributed by atoms with Gasteiger partial charge < -0.3 is 24.5 Å². The zero-order chi connectivity index (χ0) is 21.0. The number of carbonyl (C=O) groups is 1. The van der Waals surface area contributed by atoms with E-state index >= 15 is 0 Å². The Morgan fingerprint density at radius 3 is 2.48 bits per heavy atom. The van der Waals surface area contributed by atoms with Crippen LogP contribution in [-0.4, -0.2) is 32.2 Å². The van der Waals surface area contributed by atoms with Crippen LogP contribution in [0.4, 0.5) is 5.69 Å². The normalized spacial score (nSPS) is 11.6. The Balaban J connectivity index is 1.84. The van der Waals surface area contributed by atoms with Gasteiger partial charge in [0, 0.05) is 34.9 Å². The summed E-state index contributed by atoms with van der Waals surface area (Å²) < 4.78 is 15.9. The number of carbonyl (C=O) groups excluding carboxylic acids is 1. The average Bonchev–Trinajstić information content (AvgIpc) is 3.15. The lowest BCUT2D eigenvalue weighted by atomic mass is 9.99. The van der Waals surface area contributed by atoms with Gasteiger partial charge in [0.25, 0.3) is 0 Å². The molecule has 0 bridgehead atoms. The van der Waals surface area contributed by atoms with Crippen LogP contribution in [0.3, 0.4) is 0 Å². The lowest BCUT2D eigenvalue weighted by Gasteiger charge is -2.15. The Bertz CT molecular complexity index is 1060. The molecule has 7 nitrogen and oxygen atoms in total. The van der Waals surface area contributed by atoms with E-state index in [1.807, 2.05) is 12.1 Å². The fourth-order valence-corrected chi connectivity index (χ4v) is 3.46. The Kier molecular flexibility index (Phi) is 6.15. The highest BCUT2D eigenvalue weighted by atomic mass is 35.5. The zero-order valence-corrected chi connectivity index (χ0v) is 17.0. The van der Waals surface area contributed by atoms with Gasteiger partial charge in [-0.25, -0.2) is 0 Å². The lowest BCUT2D eigenvalue weighted by molar-refractivity contribution is -0.118. The number of ether oxygens (including phenoxy) is 3. The first-order valence-corrected chi connectivity index (χ1v) is 9.15. The van der Waals surface area contributed by atoms with Crippen LogP contribution in [-0.2, 0) is 11.2 Å². The molecule has 2 N–H and O–H groups in total. The van der Waals surface area contributed by atoms with E-state index in [0.29, 0.717) is 28.0 Å². The number of benzene rings is 2. The molecule has 150 valence electrons. The third-order valence-corrected chi connectivity index (χ3v) is 4.88. The molecule has 0 aliphatic rings. The van der Waals surface area contributed by atoms with Crippen molar-refractivity contribution >= 4 is 34.1 Å². The van der Waals surface area contributed by atoms with Gasteiger partial charge in [0.05, 0.1) is 32.4 Å². The monoisotopic (exact) mass is 413 g/mol. The van der Waals surface area contributed by atoms with Crippen molar-refractivity contribution in [3.63, 3.8) is 0 Å². The van der Waals surface area contributed by atoms with E-state index in [1.54, 1.807) is 24.4 Å². The van der Waals surface area contributed by atoms with Gasteiger partial charge in [-0.2, -0.15) is 5.26 Å². The summed E-state index contributed by atoms with van der Waals surface area (Å²) in [5, 5.41) is 13.7. The van der Waals surface area contributed by atoms with Gasteiger partial charge in [0.15, 0.2) is 11.5 Å². The highest BCUT2D eigenvalue weighted by Crippen LogP contribution is 2.40. The number of aromatic amines is 1. The number of nitrogens with zero attached hydrogens (tertiary/aromatic N) is 1. The van der Waals surface area contributed by atoms with Crippen LogP contribution in [0.2, 0.25) is 5.02 Å². The smallest absolute Gasteiger partial charge is 0.242 e. The molecule has 0 radical (unpaired) electrons. The van der Waals surface area contributed by atoms with E-state index in [9.17, 15) is 10.1 Å². The number of rotatable bonds is 7. The van der Waals surface area contributed by atoms with E-state index in [0.717, 1.165) is 16.5 Å². The number of fused-ring (bicyclic) bond motifs is 1. The number of hydrogen-bond acceptors (Lipinski definition) is 5. The zero-order valence-electron chi connectivity index (χ0n) is 16.2. The summed E-state index contributed by atoms with van der Waals surface area (Å²) in [6, 6.07) is 10.8. The summed E-state index contributed by atoms with van der Waals surface area (Å²) >= 11 is 6.29. The van der Waals surface area contributed by atoms with Crippen LogP contribution in [0.1, 0.15) is 5.56 Å². The molecule has 1 aromatic heterocycles. The van der Waals surface area contributed by atoms with E-state index in [4.69, 9.17) is 25.8 Å². The third kappa shape index (κ3) is 4.08. The van der Waals surface area contributed by atoms with E-state index < -0.39 is 11.8 Å². The predicted molar refractivity (Wildman–Crippen MR) is 111 cm³/mol. The van der Waals surface area contributed by atoms with Gasteiger partial charge in [-0.05, 0) is 24.1 Å². The minimum absolute atomic E-state index is 0.219. The SMILES string of the molecule is COc1cc(NC(=O)[C@@H](C#N)Cc2c[nH]c3cccc(Cl)c23)cc(OC)c1OC. The summed E-state index contributed by atoms with van der Waals surface area (Å²) in [5.74, 6) is -0.135. The van der Waals surface area contributed by atoms with Gasteiger partial charge in [-0.15, -0.1) is 0 Å². The second-order valence-electron chi connectivity index (χ2n) is 6.27. The highest BCUT2D eigenvalue weighted by molar-refractivity contribution is 6.35. The number of nitriles is 1. The number of methoxy groups -OCH3 is 3. The largest absolute Gasteiger partial charge is 0.493 e. The third-order valence-electron chi connectivity index (χ3n) is 4.57. The van der Waals surface area contributed by atoms with E-state index in [-0.39, 0.29) is 6.42 Å². The van der Waals surface area contributed by atoms with Crippen LogP contribution in [0.5, 0.6) is 17.2 Å². The minimum Gasteiger partial charge on any atom is -0.493 e. The first-order chi connectivity index (χ1) is 14.0. The van der Waals surface area contributed by atoms with Crippen molar-refractivity contribution in [3.05, 3.63) is 47.1 Å². The molecular formula is C21H20ClN3O4. The predicted octanol–water partition coefficient (Wildman–Crippen LogP) is 4.17. The molecule has 0 aliphatic carbocycles. The van der Waals surface area contributed by atoms with Crippen molar-refractivity contribution in [2.75, 3.05) is 26.6 Å². The first-order valence-electron chi connectivity index (χ1n) is 8.77. The Hall–Kier alpha value is -3.37. The molecule has 3 rings (SSSR count). The Labute approximate surface area is 173 Å². The van der Waals surface area contributed by atoms with Gasteiger partial charge in [-0.1, -0.05) is 17.7 Å². The van der Waals surface area contributed by atoms with E-state index in [1.165, 1.54) is 21.3 Å². The summed E-state index contributed by atoms with van der Waals surface area (Å²) in [6.07, 6.45) is 1.99. The summed E-state index contributed by atoms with van der Waals surface area (Å²) in [7, 11) is 4.47. The maximum Gasteiger partial charge on any atom is 0.242 e. The second-order valence-corrected chi connectivity index (χ2v) is 6.67. The van der Waals surface area contributed by atoms with Gasteiger partial charge in [-0.3, -0.25) is 4.79 Å². The van der Waals surface area contributed by atoms with Crippen molar-refractivity contribution < 1.29 is 19.0 Å². The Morgan fingerprint density at radius 1 is 1.21 bits per heavy atom. The topological polar surface area (TPSA) is 96.4 Å². The van der Waals surface area contributed by atoms with Crippen molar-refractivity contribution in [2.45, 2.75) is 6.42 Å². The van der Waals surface area contributed by atoms with Crippen LogP contribution in [0, 0.1) is 17.2 Å². The molecule has 0 unspecified atom stereocenters. The minimum atomic E-state index is -0.913. The number of amides is 1. The molecule has 0 saturated heterocycles. The number of hydrogen-bond donors (Lipinski definition) is 2. The molecule has 3 aromatic rings. The quantitative estimate of drug-likeness (QED) is 0.606. The summed E-state index contributed by atoms with van der Waals surface area (Å²) in [6.45, 7) is 0. The van der Waals surface area contributed by atoms with Crippen molar-refractivity contribution in [2.24, 2.45) is 5.92 Å². The molecule has 0 spiro atoms. The Morgan fingerprint density at radius 2 is 1.90 bits per heavy atom. The highest BCUT2D eigenvalue weighted by Gasteiger charge is 2.22. The molecule has 0 saturated carbocycles. The van der Waals surface area contributed by atoms with Gasteiger partial charge in [0.1, 0.15) is 5.92 Å². The number of anilines is 1. The molecular weight excluding hydrogens is 394 g/mol. The molecule has 0 aliphatic heterocycles. The number of nitrogens with one attached hydrogen (secondary N) is 2. The maximum atomic E-state index is 12.8. The molecule has 2 aromatic carbocycles. The average molecular weight is 414 g/mol.